The SMILES string of the molecule is CNC1CCCCN(c2ccc(I)nc2)C1=O. The van der Waals surface area contributed by atoms with E-state index in [-0.39, 0.29) is 11.9 Å². The van der Waals surface area contributed by atoms with Gasteiger partial charge in [-0.3, -0.25) is 4.79 Å². The first-order valence-corrected chi connectivity index (χ1v) is 6.90. The molecule has 0 bridgehead atoms. The van der Waals surface area contributed by atoms with E-state index < -0.39 is 0 Å². The van der Waals surface area contributed by atoms with Gasteiger partial charge < -0.3 is 10.2 Å². The summed E-state index contributed by atoms with van der Waals surface area (Å²) < 4.78 is 0.943. The van der Waals surface area contributed by atoms with Crippen LogP contribution in [0.3, 0.4) is 0 Å². The second-order valence-corrected chi connectivity index (χ2v) is 5.27. The fourth-order valence-corrected chi connectivity index (χ4v) is 2.41. The van der Waals surface area contributed by atoms with E-state index in [1.165, 1.54) is 0 Å². The van der Waals surface area contributed by atoms with Crippen LogP contribution in [0.5, 0.6) is 0 Å². The normalized spacial score (nSPS) is 21.4. The van der Waals surface area contributed by atoms with Gasteiger partial charge in [0.1, 0.15) is 3.70 Å². The number of pyridine rings is 1. The van der Waals surface area contributed by atoms with Crippen LogP contribution < -0.4 is 10.2 Å². The van der Waals surface area contributed by atoms with E-state index in [9.17, 15) is 4.79 Å². The largest absolute Gasteiger partial charge is 0.310 e. The summed E-state index contributed by atoms with van der Waals surface area (Å²) >= 11 is 2.16. The lowest BCUT2D eigenvalue weighted by Crippen LogP contribution is -2.44. The van der Waals surface area contributed by atoms with Crippen LogP contribution in [0.15, 0.2) is 18.3 Å². The summed E-state index contributed by atoms with van der Waals surface area (Å²) in [6.45, 7) is 0.791. The fourth-order valence-electron chi connectivity index (χ4n) is 2.09. The number of aromatic nitrogens is 1. The molecule has 0 saturated carbocycles. The predicted octanol–water partition coefficient (Wildman–Crippen LogP) is 1.79. The van der Waals surface area contributed by atoms with Gasteiger partial charge in [0, 0.05) is 6.54 Å². The summed E-state index contributed by atoms with van der Waals surface area (Å²) in [7, 11) is 1.85. The van der Waals surface area contributed by atoms with Gasteiger partial charge >= 0.3 is 0 Å². The van der Waals surface area contributed by atoms with E-state index in [1.54, 1.807) is 6.20 Å². The molecule has 17 heavy (non-hydrogen) atoms. The third kappa shape index (κ3) is 2.95. The fraction of sp³-hybridized carbons (Fsp3) is 0.500. The molecule has 0 aromatic carbocycles. The highest BCUT2D eigenvalue weighted by Gasteiger charge is 2.26. The van der Waals surface area contributed by atoms with Gasteiger partial charge in [0.2, 0.25) is 5.91 Å². The van der Waals surface area contributed by atoms with Crippen molar-refractivity contribution in [2.24, 2.45) is 0 Å². The van der Waals surface area contributed by atoms with Gasteiger partial charge in [0.05, 0.1) is 17.9 Å². The van der Waals surface area contributed by atoms with E-state index >= 15 is 0 Å². The number of hydrogen-bond acceptors (Lipinski definition) is 3. The quantitative estimate of drug-likeness (QED) is 0.657. The van der Waals surface area contributed by atoms with Gasteiger partial charge in [-0.25, -0.2) is 4.98 Å². The van der Waals surface area contributed by atoms with Gasteiger partial charge in [-0.15, -0.1) is 0 Å². The van der Waals surface area contributed by atoms with Gasteiger partial charge in [-0.2, -0.15) is 0 Å². The average molecular weight is 345 g/mol. The first-order chi connectivity index (χ1) is 8.22. The third-order valence-corrected chi connectivity index (χ3v) is 3.70. The van der Waals surface area contributed by atoms with Crippen molar-refractivity contribution in [2.45, 2.75) is 25.3 Å². The van der Waals surface area contributed by atoms with Crippen molar-refractivity contribution in [3.63, 3.8) is 0 Å². The first-order valence-electron chi connectivity index (χ1n) is 5.82. The molecule has 1 aliphatic rings. The highest BCUT2D eigenvalue weighted by atomic mass is 127. The topological polar surface area (TPSA) is 45.2 Å². The second-order valence-electron chi connectivity index (χ2n) is 4.17. The van der Waals surface area contributed by atoms with Crippen molar-refractivity contribution in [1.29, 1.82) is 0 Å². The molecule has 1 saturated heterocycles. The minimum Gasteiger partial charge on any atom is -0.310 e. The van der Waals surface area contributed by atoms with Gasteiger partial charge in [-0.05, 0) is 61.0 Å². The monoisotopic (exact) mass is 345 g/mol. The van der Waals surface area contributed by atoms with Crippen molar-refractivity contribution < 1.29 is 4.79 Å². The Morgan fingerprint density at radius 1 is 1.47 bits per heavy atom. The molecular weight excluding hydrogens is 329 g/mol. The molecule has 0 aliphatic carbocycles. The van der Waals surface area contributed by atoms with Crippen molar-refractivity contribution in [3.8, 4) is 0 Å². The molecule has 1 amide bonds. The third-order valence-electron chi connectivity index (χ3n) is 3.06. The molecule has 1 fully saturated rings. The number of rotatable bonds is 2. The maximum absolute atomic E-state index is 12.3. The Bertz CT molecular complexity index is 393. The van der Waals surface area contributed by atoms with Gasteiger partial charge in [0.15, 0.2) is 0 Å². The lowest BCUT2D eigenvalue weighted by Gasteiger charge is -2.23. The Kier molecular flexibility index (Phi) is 4.33. The minimum atomic E-state index is -0.0585. The molecule has 1 atom stereocenters. The molecule has 1 aromatic rings. The Hall–Kier alpha value is -0.690. The van der Waals surface area contributed by atoms with E-state index in [2.05, 4.69) is 32.9 Å². The van der Waals surface area contributed by atoms with Crippen LogP contribution >= 0.6 is 22.6 Å². The van der Waals surface area contributed by atoms with E-state index in [0.717, 1.165) is 35.2 Å². The Morgan fingerprint density at radius 3 is 2.94 bits per heavy atom. The first kappa shape index (κ1) is 12.8. The molecule has 5 heteroatoms. The van der Waals surface area contributed by atoms with Crippen LogP contribution in [-0.4, -0.2) is 30.5 Å². The standard InChI is InChI=1S/C12H16IN3O/c1-14-10-4-2-3-7-16(12(10)17)9-5-6-11(13)15-8-9/h5-6,8,10,14H,2-4,7H2,1H3. The minimum absolute atomic E-state index is 0.0585. The number of nitrogens with one attached hydrogen (secondary N) is 1. The van der Waals surface area contributed by atoms with Crippen molar-refractivity contribution in [1.82, 2.24) is 10.3 Å². The van der Waals surface area contributed by atoms with E-state index in [1.807, 2.05) is 24.1 Å². The Morgan fingerprint density at radius 2 is 2.29 bits per heavy atom. The molecule has 4 nitrogen and oxygen atoms in total. The van der Waals surface area contributed by atoms with Crippen LogP contribution in [0.4, 0.5) is 5.69 Å². The van der Waals surface area contributed by atoms with Crippen LogP contribution in [-0.2, 0) is 4.79 Å². The number of halogens is 1. The molecule has 2 rings (SSSR count). The van der Waals surface area contributed by atoms with Crippen LogP contribution in [0.2, 0.25) is 0 Å². The average Bonchev–Trinajstić information content (AvgIpc) is 2.52. The molecular formula is C12H16IN3O. The maximum atomic E-state index is 12.3. The summed E-state index contributed by atoms with van der Waals surface area (Å²) in [4.78, 5) is 18.4. The van der Waals surface area contributed by atoms with E-state index in [0.29, 0.717) is 0 Å². The number of amides is 1. The van der Waals surface area contributed by atoms with E-state index in [4.69, 9.17) is 0 Å². The lowest BCUT2D eigenvalue weighted by molar-refractivity contribution is -0.120. The second kappa shape index (κ2) is 5.77. The highest BCUT2D eigenvalue weighted by molar-refractivity contribution is 14.1. The van der Waals surface area contributed by atoms with Crippen molar-refractivity contribution >= 4 is 34.2 Å². The van der Waals surface area contributed by atoms with Crippen molar-refractivity contribution in [3.05, 3.63) is 22.0 Å². The zero-order valence-corrected chi connectivity index (χ0v) is 12.0. The summed E-state index contributed by atoms with van der Waals surface area (Å²) in [5.41, 5.74) is 0.901. The molecule has 1 aromatic heterocycles. The summed E-state index contributed by atoms with van der Waals surface area (Å²) in [5.74, 6) is 0.160. The molecule has 1 N–H and O–H groups in total. The lowest BCUT2D eigenvalue weighted by atomic mass is 10.1. The van der Waals surface area contributed by atoms with Crippen LogP contribution in [0.25, 0.3) is 0 Å². The predicted molar refractivity (Wildman–Crippen MR) is 76.0 cm³/mol. The maximum Gasteiger partial charge on any atom is 0.244 e. The smallest absolute Gasteiger partial charge is 0.244 e. The summed E-state index contributed by atoms with van der Waals surface area (Å²) in [6, 6.07) is 3.84. The number of nitrogens with zero attached hydrogens (tertiary/aromatic N) is 2. The van der Waals surface area contributed by atoms with Gasteiger partial charge in [-0.1, -0.05) is 0 Å². The van der Waals surface area contributed by atoms with Crippen LogP contribution in [0, 0.1) is 3.70 Å². The molecule has 0 spiro atoms. The number of carbonyl (C=O) groups excluding carboxylic acids is 1. The molecule has 92 valence electrons. The molecule has 0 radical (unpaired) electrons. The summed E-state index contributed by atoms with van der Waals surface area (Å²) in [6.07, 6.45) is 4.84. The molecule has 2 heterocycles. The zero-order chi connectivity index (χ0) is 12.3. The zero-order valence-electron chi connectivity index (χ0n) is 9.82. The molecule has 1 aliphatic heterocycles. The van der Waals surface area contributed by atoms with Crippen molar-refractivity contribution in [2.75, 3.05) is 18.5 Å². The summed E-state index contributed by atoms with van der Waals surface area (Å²) in [5, 5.41) is 3.09. The van der Waals surface area contributed by atoms with Crippen LogP contribution in [0.1, 0.15) is 19.3 Å². The Labute approximate surface area is 115 Å². The number of anilines is 1. The number of likely N-dealkylation sites (N-methyl/N-ethyl adjacent to an activating group) is 1. The molecule has 1 unspecified atom stereocenters. The van der Waals surface area contributed by atoms with Gasteiger partial charge in [0.25, 0.3) is 0 Å². The Balaban J connectivity index is 2.23. The highest BCUT2D eigenvalue weighted by Crippen LogP contribution is 2.20. The number of carbonyl (C=O) groups is 1. The number of hydrogen-bond donors (Lipinski definition) is 1.